The number of nitrogens with one attached hydrogen (secondary N) is 2. The number of H-pyrrole nitrogens is 1. The first kappa shape index (κ1) is 9.66. The summed E-state index contributed by atoms with van der Waals surface area (Å²) in [6.07, 6.45) is 1.43. The van der Waals surface area contributed by atoms with Gasteiger partial charge in [-0.2, -0.15) is 5.10 Å². The quantitative estimate of drug-likeness (QED) is 0.520. The molecule has 0 unspecified atom stereocenters. The molecule has 0 spiro atoms. The summed E-state index contributed by atoms with van der Waals surface area (Å²) in [5, 5.41) is 15.1. The number of pyridine rings is 1. The minimum absolute atomic E-state index is 0.0463. The zero-order valence-electron chi connectivity index (χ0n) is 7.64. The molecule has 2 aromatic rings. The number of rotatable bonds is 3. The third kappa shape index (κ3) is 2.32. The minimum atomic E-state index is -0.0463. The zero-order valence-corrected chi connectivity index (χ0v) is 8.45. The number of aromatic amines is 1. The summed E-state index contributed by atoms with van der Waals surface area (Å²) in [4.78, 5) is 8.13. The topological polar surface area (TPSA) is 104 Å². The standard InChI is InChI=1S/C8H8N6S/c9-7(10)5-2-1-3-6(13-5)15-8-11-4-12-14-8/h1-4H,(H3,9,10)(H,11,12,14). The fourth-order valence-corrected chi connectivity index (χ4v) is 1.65. The second-order valence-corrected chi connectivity index (χ2v) is 3.68. The highest BCUT2D eigenvalue weighted by Crippen LogP contribution is 2.21. The summed E-state index contributed by atoms with van der Waals surface area (Å²) in [6, 6.07) is 5.30. The first-order chi connectivity index (χ1) is 7.25. The second kappa shape index (κ2) is 4.09. The highest BCUT2D eigenvalue weighted by atomic mass is 32.2. The molecular weight excluding hydrogens is 212 g/mol. The van der Waals surface area contributed by atoms with E-state index in [4.69, 9.17) is 11.1 Å². The molecule has 7 heteroatoms. The molecule has 2 aromatic heterocycles. The van der Waals surface area contributed by atoms with Crippen molar-refractivity contribution in [3.8, 4) is 0 Å². The lowest BCUT2D eigenvalue weighted by atomic mass is 10.3. The molecule has 15 heavy (non-hydrogen) atoms. The molecule has 0 aliphatic carbocycles. The van der Waals surface area contributed by atoms with Crippen LogP contribution in [0.5, 0.6) is 0 Å². The van der Waals surface area contributed by atoms with E-state index in [0.29, 0.717) is 10.9 Å². The van der Waals surface area contributed by atoms with Crippen LogP contribution in [0.2, 0.25) is 0 Å². The first-order valence-corrected chi connectivity index (χ1v) is 4.92. The number of hydrogen-bond acceptors (Lipinski definition) is 5. The number of nitrogens with two attached hydrogens (primary N) is 1. The van der Waals surface area contributed by atoms with E-state index in [1.165, 1.54) is 18.1 Å². The van der Waals surface area contributed by atoms with Crippen LogP contribution >= 0.6 is 11.8 Å². The smallest absolute Gasteiger partial charge is 0.189 e. The lowest BCUT2D eigenvalue weighted by Crippen LogP contribution is -2.12. The largest absolute Gasteiger partial charge is 0.382 e. The summed E-state index contributed by atoms with van der Waals surface area (Å²) >= 11 is 1.33. The van der Waals surface area contributed by atoms with E-state index in [1.54, 1.807) is 12.1 Å². The van der Waals surface area contributed by atoms with Gasteiger partial charge in [-0.15, -0.1) is 0 Å². The fourth-order valence-electron chi connectivity index (χ4n) is 0.964. The van der Waals surface area contributed by atoms with Gasteiger partial charge in [0.05, 0.1) is 0 Å². The van der Waals surface area contributed by atoms with Gasteiger partial charge in [-0.05, 0) is 23.9 Å². The molecule has 4 N–H and O–H groups in total. The van der Waals surface area contributed by atoms with E-state index in [9.17, 15) is 0 Å². The van der Waals surface area contributed by atoms with Gasteiger partial charge in [-0.1, -0.05) is 6.07 Å². The SMILES string of the molecule is N=C(N)c1cccc(Sc2ncn[nH]2)n1. The van der Waals surface area contributed by atoms with E-state index >= 15 is 0 Å². The highest BCUT2D eigenvalue weighted by molar-refractivity contribution is 7.99. The summed E-state index contributed by atoms with van der Waals surface area (Å²) in [6.45, 7) is 0. The molecule has 0 bridgehead atoms. The molecule has 0 saturated carbocycles. The predicted octanol–water partition coefficient (Wildman–Crippen LogP) is 0.635. The molecule has 2 heterocycles. The van der Waals surface area contributed by atoms with Crippen LogP contribution in [0.4, 0.5) is 0 Å². The molecule has 0 aromatic carbocycles. The van der Waals surface area contributed by atoms with Crippen molar-refractivity contribution < 1.29 is 0 Å². The maximum atomic E-state index is 7.25. The Morgan fingerprint density at radius 2 is 2.33 bits per heavy atom. The normalized spacial score (nSPS) is 10.1. The Morgan fingerprint density at radius 1 is 1.47 bits per heavy atom. The summed E-state index contributed by atoms with van der Waals surface area (Å²) in [5.41, 5.74) is 5.79. The number of aromatic nitrogens is 4. The van der Waals surface area contributed by atoms with Crippen molar-refractivity contribution in [3.63, 3.8) is 0 Å². The highest BCUT2D eigenvalue weighted by Gasteiger charge is 2.03. The van der Waals surface area contributed by atoms with Crippen molar-refractivity contribution in [2.45, 2.75) is 10.2 Å². The Balaban J connectivity index is 2.22. The van der Waals surface area contributed by atoms with Gasteiger partial charge in [-0.3, -0.25) is 10.5 Å². The predicted molar refractivity (Wildman–Crippen MR) is 55.8 cm³/mol. The van der Waals surface area contributed by atoms with E-state index < -0.39 is 0 Å². The molecule has 76 valence electrons. The van der Waals surface area contributed by atoms with Crippen LogP contribution in [-0.4, -0.2) is 26.0 Å². The second-order valence-electron chi connectivity index (χ2n) is 2.67. The van der Waals surface area contributed by atoms with Gasteiger partial charge in [0.1, 0.15) is 22.9 Å². The Kier molecular flexibility index (Phi) is 2.64. The van der Waals surface area contributed by atoms with Crippen LogP contribution in [-0.2, 0) is 0 Å². The van der Waals surface area contributed by atoms with E-state index in [2.05, 4.69) is 20.2 Å². The minimum Gasteiger partial charge on any atom is -0.382 e. The van der Waals surface area contributed by atoms with E-state index in [1.807, 2.05) is 6.07 Å². The summed E-state index contributed by atoms with van der Waals surface area (Å²) in [5.74, 6) is -0.0463. The van der Waals surface area contributed by atoms with Crippen molar-refractivity contribution in [2.24, 2.45) is 5.73 Å². The van der Waals surface area contributed by atoms with Crippen LogP contribution < -0.4 is 5.73 Å². The number of hydrogen-bond donors (Lipinski definition) is 3. The maximum Gasteiger partial charge on any atom is 0.189 e. The maximum absolute atomic E-state index is 7.25. The van der Waals surface area contributed by atoms with Gasteiger partial charge in [0.15, 0.2) is 5.16 Å². The van der Waals surface area contributed by atoms with Gasteiger partial charge in [0, 0.05) is 0 Å². The molecule has 0 atom stereocenters. The monoisotopic (exact) mass is 220 g/mol. The average Bonchev–Trinajstić information content (AvgIpc) is 2.71. The fraction of sp³-hybridized carbons (Fsp3) is 0. The first-order valence-electron chi connectivity index (χ1n) is 4.10. The molecule has 0 saturated heterocycles. The van der Waals surface area contributed by atoms with Crippen LogP contribution in [0.1, 0.15) is 5.69 Å². The van der Waals surface area contributed by atoms with Crippen molar-refractivity contribution in [1.82, 2.24) is 20.2 Å². The number of amidine groups is 1. The lowest BCUT2D eigenvalue weighted by molar-refractivity contribution is 0.966. The van der Waals surface area contributed by atoms with Crippen molar-refractivity contribution in [3.05, 3.63) is 30.2 Å². The van der Waals surface area contributed by atoms with Crippen molar-refractivity contribution >= 4 is 17.6 Å². The Labute approximate surface area is 89.8 Å². The average molecular weight is 220 g/mol. The molecule has 6 nitrogen and oxygen atoms in total. The van der Waals surface area contributed by atoms with E-state index in [-0.39, 0.29) is 5.84 Å². The Morgan fingerprint density at radius 3 is 3.00 bits per heavy atom. The van der Waals surface area contributed by atoms with Gasteiger partial charge in [0.25, 0.3) is 0 Å². The van der Waals surface area contributed by atoms with Crippen molar-refractivity contribution in [1.29, 1.82) is 5.41 Å². The molecule has 2 rings (SSSR count). The van der Waals surface area contributed by atoms with Crippen LogP contribution in [0.25, 0.3) is 0 Å². The molecule has 0 fully saturated rings. The van der Waals surface area contributed by atoms with Gasteiger partial charge in [-0.25, -0.2) is 9.97 Å². The van der Waals surface area contributed by atoms with Crippen LogP contribution in [0, 0.1) is 5.41 Å². The lowest BCUT2D eigenvalue weighted by Gasteiger charge is -2.00. The molecule has 0 amide bonds. The number of nitrogen functional groups attached to an aromatic ring is 1. The van der Waals surface area contributed by atoms with Crippen LogP contribution in [0.15, 0.2) is 34.7 Å². The third-order valence-corrected chi connectivity index (χ3v) is 2.42. The zero-order chi connectivity index (χ0) is 10.7. The molecular formula is C8H8N6S. The molecule has 0 radical (unpaired) electrons. The molecule has 0 aliphatic rings. The Hall–Kier alpha value is -1.89. The molecule has 0 aliphatic heterocycles. The van der Waals surface area contributed by atoms with Gasteiger partial charge < -0.3 is 5.73 Å². The van der Waals surface area contributed by atoms with Crippen molar-refractivity contribution in [2.75, 3.05) is 0 Å². The van der Waals surface area contributed by atoms with E-state index in [0.717, 1.165) is 5.03 Å². The third-order valence-electron chi connectivity index (χ3n) is 1.59. The summed E-state index contributed by atoms with van der Waals surface area (Å²) < 4.78 is 0. The van der Waals surface area contributed by atoms with Gasteiger partial charge in [0.2, 0.25) is 0 Å². The van der Waals surface area contributed by atoms with Crippen LogP contribution in [0.3, 0.4) is 0 Å². The Bertz CT molecular complexity index is 466. The van der Waals surface area contributed by atoms with Gasteiger partial charge >= 0.3 is 0 Å². The number of nitrogens with zero attached hydrogens (tertiary/aromatic N) is 3. The summed E-state index contributed by atoms with van der Waals surface area (Å²) in [7, 11) is 0.